The molecule has 1 aliphatic rings. The maximum absolute atomic E-state index is 13.4. The highest BCUT2D eigenvalue weighted by Crippen LogP contribution is 2.53. The molecule has 0 saturated heterocycles. The van der Waals surface area contributed by atoms with Gasteiger partial charge in [0.15, 0.2) is 0 Å². The van der Waals surface area contributed by atoms with Crippen molar-refractivity contribution in [2.24, 2.45) is 0 Å². The molecule has 21 heavy (non-hydrogen) atoms. The topological polar surface area (TPSA) is 32.9 Å². The molecule has 2 heterocycles. The summed E-state index contributed by atoms with van der Waals surface area (Å²) in [6.07, 6.45) is 2.30. The molecule has 0 bridgehead atoms. The van der Waals surface area contributed by atoms with Crippen LogP contribution in [0.4, 0.5) is 0 Å². The highest BCUT2D eigenvalue weighted by molar-refractivity contribution is 9.10. The van der Waals surface area contributed by atoms with Crippen molar-refractivity contribution in [1.29, 1.82) is 0 Å². The van der Waals surface area contributed by atoms with Gasteiger partial charge in [-0.25, -0.2) is 0 Å². The number of aromatic amines is 1. The van der Waals surface area contributed by atoms with Gasteiger partial charge >= 0.3 is 0 Å². The maximum Gasteiger partial charge on any atom is 0.120 e. The van der Waals surface area contributed by atoms with Gasteiger partial charge in [-0.1, -0.05) is 46.3 Å². The summed E-state index contributed by atoms with van der Waals surface area (Å²) in [4.78, 5) is 3.49. The van der Waals surface area contributed by atoms with Crippen LogP contribution in [-0.4, -0.2) is 11.1 Å². The minimum Gasteiger partial charge on any atom is -0.358 e. The second-order valence-corrected chi connectivity index (χ2v) is 9.60. The summed E-state index contributed by atoms with van der Waals surface area (Å²) in [5, 5.41) is 2.22. The second-order valence-electron chi connectivity index (χ2n) is 5.63. The van der Waals surface area contributed by atoms with Crippen molar-refractivity contribution >= 4 is 39.3 Å². The van der Waals surface area contributed by atoms with Crippen LogP contribution in [0.5, 0.6) is 0 Å². The average Bonchev–Trinajstić information content (AvgIpc) is 2.85. The largest absolute Gasteiger partial charge is 0.358 e. The molecule has 0 fully saturated rings. The molecule has 4 heteroatoms. The van der Waals surface area contributed by atoms with E-state index in [0.717, 1.165) is 27.9 Å². The first-order chi connectivity index (χ1) is 10.2. The van der Waals surface area contributed by atoms with Crippen molar-refractivity contribution in [3.05, 3.63) is 64.3 Å². The molecule has 1 aromatic heterocycles. The zero-order chi connectivity index (χ0) is 14.4. The molecule has 0 radical (unpaired) electrons. The predicted octanol–water partition coefficient (Wildman–Crippen LogP) is 4.68. The van der Waals surface area contributed by atoms with Crippen molar-refractivity contribution in [3.8, 4) is 0 Å². The van der Waals surface area contributed by atoms with E-state index in [9.17, 15) is 4.57 Å². The standard InChI is InChI=1S/C17H15BrNOP/c18-12-6-7-16-14(10-12)15-11-21(20,9-8-17(15)19-16)13-4-2-1-3-5-13/h1-7,10,19H,8-9,11H2/t21-/m1/s1. The van der Waals surface area contributed by atoms with E-state index in [4.69, 9.17) is 0 Å². The normalized spacial score (nSPS) is 21.4. The zero-order valence-corrected chi connectivity index (χ0v) is 14.0. The fraction of sp³-hybridized carbons (Fsp3) is 0.176. The highest BCUT2D eigenvalue weighted by atomic mass is 79.9. The van der Waals surface area contributed by atoms with Gasteiger partial charge in [-0.3, -0.25) is 0 Å². The van der Waals surface area contributed by atoms with E-state index >= 15 is 0 Å². The van der Waals surface area contributed by atoms with Crippen molar-refractivity contribution in [1.82, 2.24) is 4.98 Å². The van der Waals surface area contributed by atoms with Crippen LogP contribution >= 0.6 is 23.1 Å². The van der Waals surface area contributed by atoms with Gasteiger partial charge in [0.1, 0.15) is 7.14 Å². The van der Waals surface area contributed by atoms with Crippen molar-refractivity contribution in [2.45, 2.75) is 12.6 Å². The number of hydrogen-bond donors (Lipinski definition) is 1. The molecule has 1 N–H and O–H groups in total. The maximum atomic E-state index is 13.4. The van der Waals surface area contributed by atoms with Crippen LogP contribution in [0.15, 0.2) is 53.0 Å². The van der Waals surface area contributed by atoms with Gasteiger partial charge in [0, 0.05) is 38.7 Å². The van der Waals surface area contributed by atoms with Gasteiger partial charge in [-0.05, 0) is 30.2 Å². The monoisotopic (exact) mass is 359 g/mol. The second kappa shape index (κ2) is 4.86. The number of halogens is 1. The molecular formula is C17H15BrNOP. The first kappa shape index (κ1) is 13.4. The fourth-order valence-corrected chi connectivity index (χ4v) is 6.35. The molecule has 2 aromatic carbocycles. The third-order valence-corrected chi connectivity index (χ3v) is 7.83. The Balaban J connectivity index is 1.86. The number of rotatable bonds is 1. The van der Waals surface area contributed by atoms with Crippen LogP contribution in [-0.2, 0) is 17.1 Å². The molecule has 0 unspecified atom stereocenters. The minimum atomic E-state index is -2.32. The molecule has 3 aromatic rings. The SMILES string of the molecule is O=[P@]1(c2ccccc2)CCc2[nH]c3ccc(Br)cc3c2C1. The van der Waals surface area contributed by atoms with Crippen molar-refractivity contribution < 1.29 is 4.57 Å². The predicted molar refractivity (Wildman–Crippen MR) is 92.0 cm³/mol. The van der Waals surface area contributed by atoms with Crippen LogP contribution in [0, 0.1) is 0 Å². The molecule has 0 aliphatic carbocycles. The third kappa shape index (κ3) is 2.20. The Morgan fingerprint density at radius 3 is 2.71 bits per heavy atom. The molecule has 106 valence electrons. The lowest BCUT2D eigenvalue weighted by Crippen LogP contribution is -2.16. The van der Waals surface area contributed by atoms with Crippen LogP contribution in [0.25, 0.3) is 10.9 Å². The molecular weight excluding hydrogens is 345 g/mol. The Bertz CT molecular complexity index is 869. The lowest BCUT2D eigenvalue weighted by atomic mass is 10.1. The highest BCUT2D eigenvalue weighted by Gasteiger charge is 2.32. The van der Waals surface area contributed by atoms with Gasteiger partial charge in [-0.15, -0.1) is 0 Å². The van der Waals surface area contributed by atoms with Crippen LogP contribution in [0.3, 0.4) is 0 Å². The first-order valence-electron chi connectivity index (χ1n) is 7.08. The quantitative estimate of drug-likeness (QED) is 0.629. The number of aromatic nitrogens is 1. The first-order valence-corrected chi connectivity index (χ1v) is 9.95. The Morgan fingerprint density at radius 2 is 1.90 bits per heavy atom. The van der Waals surface area contributed by atoms with Crippen molar-refractivity contribution in [2.75, 3.05) is 6.16 Å². The van der Waals surface area contributed by atoms with Gasteiger partial charge in [0.25, 0.3) is 0 Å². The van der Waals surface area contributed by atoms with Crippen LogP contribution in [0.1, 0.15) is 11.3 Å². The summed E-state index contributed by atoms with van der Waals surface area (Å²) >= 11 is 3.54. The molecule has 0 spiro atoms. The summed E-state index contributed by atoms with van der Waals surface area (Å²) in [6, 6.07) is 16.2. The summed E-state index contributed by atoms with van der Waals surface area (Å²) in [5.41, 5.74) is 3.64. The Hall–Kier alpha value is -1.31. The van der Waals surface area contributed by atoms with E-state index in [-0.39, 0.29) is 0 Å². The van der Waals surface area contributed by atoms with E-state index in [1.54, 1.807) is 0 Å². The number of hydrogen-bond acceptors (Lipinski definition) is 1. The van der Waals surface area contributed by atoms with Crippen LogP contribution < -0.4 is 5.30 Å². The van der Waals surface area contributed by atoms with Gasteiger partial charge in [-0.2, -0.15) is 0 Å². The van der Waals surface area contributed by atoms with Gasteiger partial charge in [0.2, 0.25) is 0 Å². The van der Waals surface area contributed by atoms with Gasteiger partial charge in [0.05, 0.1) is 0 Å². The smallest absolute Gasteiger partial charge is 0.120 e. The summed E-state index contributed by atoms with van der Waals surface area (Å²) < 4.78 is 14.5. The van der Waals surface area contributed by atoms with Crippen molar-refractivity contribution in [3.63, 3.8) is 0 Å². The number of benzene rings is 2. The molecule has 1 atom stereocenters. The van der Waals surface area contributed by atoms with Crippen LogP contribution in [0.2, 0.25) is 0 Å². The minimum absolute atomic E-state index is 0.669. The zero-order valence-electron chi connectivity index (χ0n) is 11.5. The van der Waals surface area contributed by atoms with E-state index in [1.165, 1.54) is 16.6 Å². The number of H-pyrrole nitrogens is 1. The summed E-state index contributed by atoms with van der Waals surface area (Å²) in [6.45, 7) is 0. The molecule has 0 amide bonds. The third-order valence-electron chi connectivity index (χ3n) is 4.32. The Kier molecular flexibility index (Phi) is 3.09. The molecule has 2 nitrogen and oxygen atoms in total. The summed E-state index contributed by atoms with van der Waals surface area (Å²) in [5.74, 6) is 0. The number of nitrogens with one attached hydrogen (secondary N) is 1. The Morgan fingerprint density at radius 1 is 1.10 bits per heavy atom. The molecule has 1 aliphatic heterocycles. The lowest BCUT2D eigenvalue weighted by molar-refractivity contribution is 0.578. The number of fused-ring (bicyclic) bond motifs is 3. The van der Waals surface area contributed by atoms with E-state index in [2.05, 4.69) is 33.0 Å². The fourth-order valence-electron chi connectivity index (χ4n) is 3.22. The lowest BCUT2D eigenvalue weighted by Gasteiger charge is -2.23. The van der Waals surface area contributed by atoms with E-state index in [0.29, 0.717) is 6.16 Å². The Labute approximate surface area is 132 Å². The van der Waals surface area contributed by atoms with E-state index < -0.39 is 7.14 Å². The molecule has 0 saturated carbocycles. The van der Waals surface area contributed by atoms with Gasteiger partial charge < -0.3 is 9.55 Å². The van der Waals surface area contributed by atoms with E-state index in [1.807, 2.05) is 36.4 Å². The molecule has 4 rings (SSSR count). The average molecular weight is 360 g/mol. The number of aryl methyl sites for hydroxylation is 1. The summed E-state index contributed by atoms with van der Waals surface area (Å²) in [7, 11) is -2.32.